The van der Waals surface area contributed by atoms with E-state index in [0.29, 0.717) is 0 Å². The summed E-state index contributed by atoms with van der Waals surface area (Å²) in [6, 6.07) is 0. The Morgan fingerprint density at radius 3 is 2.18 bits per heavy atom. The van der Waals surface area contributed by atoms with Crippen molar-refractivity contribution in [3.8, 4) is 0 Å². The van der Waals surface area contributed by atoms with E-state index in [4.69, 9.17) is 10.3 Å². The predicted octanol–water partition coefficient (Wildman–Crippen LogP) is -0.696. The summed E-state index contributed by atoms with van der Waals surface area (Å²) in [6.45, 7) is 3.93. The second kappa shape index (κ2) is 2.72. The number of ketones is 1. The van der Waals surface area contributed by atoms with Crippen LogP contribution in [0.5, 0.6) is 0 Å². The van der Waals surface area contributed by atoms with Gasteiger partial charge in [0.1, 0.15) is 0 Å². The summed E-state index contributed by atoms with van der Waals surface area (Å²) in [5.41, 5.74) is 4.99. The van der Waals surface area contributed by atoms with E-state index in [0.717, 1.165) is 13.0 Å². The Hall–Kier alpha value is -0.720. The molecular formula is C5H9NO4S. The fourth-order valence-corrected chi connectivity index (χ4v) is 0.667. The molecule has 1 atom stereocenters. The van der Waals surface area contributed by atoms with Gasteiger partial charge in [-0.25, -0.2) is 0 Å². The van der Waals surface area contributed by atoms with E-state index in [-0.39, 0.29) is 0 Å². The first-order chi connectivity index (χ1) is 4.73. The quantitative estimate of drug-likeness (QED) is 0.441. The second-order valence-corrected chi connectivity index (χ2v) is 3.95. The van der Waals surface area contributed by atoms with Crippen molar-refractivity contribution in [3.05, 3.63) is 12.7 Å². The van der Waals surface area contributed by atoms with Crippen LogP contribution in [-0.4, -0.2) is 23.6 Å². The lowest BCUT2D eigenvalue weighted by atomic mass is 10.2. The summed E-state index contributed by atoms with van der Waals surface area (Å²) < 4.78 is 29.3. The zero-order chi connectivity index (χ0) is 9.28. The van der Waals surface area contributed by atoms with Crippen molar-refractivity contribution >= 4 is 15.9 Å². The third kappa shape index (κ3) is 1.86. The van der Waals surface area contributed by atoms with Crippen molar-refractivity contribution in [2.45, 2.75) is 11.8 Å². The largest absolute Gasteiger partial charge is 0.304 e. The summed E-state index contributed by atoms with van der Waals surface area (Å²) in [5, 5.41) is 0. The van der Waals surface area contributed by atoms with Gasteiger partial charge in [-0.1, -0.05) is 6.58 Å². The molecule has 64 valence electrons. The van der Waals surface area contributed by atoms with E-state index in [1.54, 1.807) is 0 Å². The standard InChI is InChI=1S/C5H9NO4S/c1-3-4(7)5(2,6)11(8,9)10/h3H,1,6H2,2H3,(H,8,9,10). The Balaban J connectivity index is 5.06. The van der Waals surface area contributed by atoms with Gasteiger partial charge in [0.15, 0.2) is 5.78 Å². The average molecular weight is 179 g/mol. The number of nitrogens with two attached hydrogens (primary N) is 1. The average Bonchev–Trinajstić information content (AvgIpc) is 1.83. The van der Waals surface area contributed by atoms with Gasteiger partial charge in [0.25, 0.3) is 10.1 Å². The number of carbonyl (C=O) groups excluding carboxylic acids is 1. The van der Waals surface area contributed by atoms with E-state index < -0.39 is 20.8 Å². The first-order valence-corrected chi connectivity index (χ1v) is 4.10. The van der Waals surface area contributed by atoms with Crippen LogP contribution in [0, 0.1) is 0 Å². The van der Waals surface area contributed by atoms with Crippen molar-refractivity contribution < 1.29 is 17.8 Å². The molecule has 0 aromatic rings. The van der Waals surface area contributed by atoms with Gasteiger partial charge in [0, 0.05) is 0 Å². The lowest BCUT2D eigenvalue weighted by Gasteiger charge is -2.16. The van der Waals surface area contributed by atoms with Gasteiger partial charge in [-0.3, -0.25) is 9.35 Å². The molecule has 0 aromatic carbocycles. The van der Waals surface area contributed by atoms with Crippen LogP contribution < -0.4 is 5.73 Å². The van der Waals surface area contributed by atoms with Gasteiger partial charge in [0.05, 0.1) is 0 Å². The zero-order valence-electron chi connectivity index (χ0n) is 5.94. The number of hydrogen-bond donors (Lipinski definition) is 2. The zero-order valence-corrected chi connectivity index (χ0v) is 6.76. The summed E-state index contributed by atoms with van der Waals surface area (Å²) in [6.07, 6.45) is 0.744. The monoisotopic (exact) mass is 179 g/mol. The van der Waals surface area contributed by atoms with Gasteiger partial charge in [-0.05, 0) is 13.0 Å². The van der Waals surface area contributed by atoms with Crippen LogP contribution in [0.2, 0.25) is 0 Å². The minimum absolute atomic E-state index is 0.744. The van der Waals surface area contributed by atoms with Gasteiger partial charge in [-0.2, -0.15) is 8.42 Å². The van der Waals surface area contributed by atoms with E-state index >= 15 is 0 Å². The minimum atomic E-state index is -4.56. The van der Waals surface area contributed by atoms with Gasteiger partial charge in [0.2, 0.25) is 4.87 Å². The fraction of sp³-hybridized carbons (Fsp3) is 0.400. The molecule has 0 spiro atoms. The maximum atomic E-state index is 10.7. The van der Waals surface area contributed by atoms with Gasteiger partial charge >= 0.3 is 0 Å². The fourth-order valence-electron chi connectivity index (χ4n) is 0.330. The SMILES string of the molecule is C=CC(=O)C(C)(N)S(=O)(=O)O. The van der Waals surface area contributed by atoms with E-state index in [1.807, 2.05) is 0 Å². The van der Waals surface area contributed by atoms with Crippen LogP contribution in [0.15, 0.2) is 12.7 Å². The molecule has 0 saturated carbocycles. The molecule has 1 unspecified atom stereocenters. The molecule has 0 bridgehead atoms. The first-order valence-electron chi connectivity index (χ1n) is 2.66. The number of carbonyl (C=O) groups is 1. The lowest BCUT2D eigenvalue weighted by Crippen LogP contribution is -2.50. The molecule has 0 rings (SSSR count). The lowest BCUT2D eigenvalue weighted by molar-refractivity contribution is -0.116. The Bertz CT molecular complexity index is 277. The van der Waals surface area contributed by atoms with Crippen LogP contribution in [0.1, 0.15) is 6.92 Å². The predicted molar refractivity (Wildman–Crippen MR) is 39.3 cm³/mol. The van der Waals surface area contributed by atoms with Crippen LogP contribution in [0.25, 0.3) is 0 Å². The van der Waals surface area contributed by atoms with E-state index in [9.17, 15) is 13.2 Å². The van der Waals surface area contributed by atoms with Crippen molar-refractivity contribution in [2.24, 2.45) is 5.73 Å². The maximum absolute atomic E-state index is 10.7. The number of rotatable bonds is 3. The summed E-state index contributed by atoms with van der Waals surface area (Å²) in [7, 11) is -4.56. The molecule has 0 saturated heterocycles. The molecule has 0 fully saturated rings. The Morgan fingerprint density at radius 2 is 2.09 bits per heavy atom. The molecule has 5 nitrogen and oxygen atoms in total. The van der Waals surface area contributed by atoms with Crippen LogP contribution in [0.4, 0.5) is 0 Å². The van der Waals surface area contributed by atoms with Crippen LogP contribution in [0.3, 0.4) is 0 Å². The van der Waals surface area contributed by atoms with Crippen molar-refractivity contribution in [1.29, 1.82) is 0 Å². The minimum Gasteiger partial charge on any atom is -0.304 e. The molecule has 0 aliphatic carbocycles. The molecule has 0 heterocycles. The van der Waals surface area contributed by atoms with E-state index in [1.165, 1.54) is 0 Å². The molecule has 0 aromatic heterocycles. The van der Waals surface area contributed by atoms with Crippen molar-refractivity contribution in [2.75, 3.05) is 0 Å². The van der Waals surface area contributed by atoms with Crippen molar-refractivity contribution in [1.82, 2.24) is 0 Å². The highest BCUT2D eigenvalue weighted by atomic mass is 32.2. The Kier molecular flexibility index (Phi) is 2.55. The number of hydrogen-bond acceptors (Lipinski definition) is 4. The highest BCUT2D eigenvalue weighted by molar-refractivity contribution is 7.88. The van der Waals surface area contributed by atoms with E-state index in [2.05, 4.69) is 6.58 Å². The molecule has 0 aliphatic heterocycles. The van der Waals surface area contributed by atoms with Crippen LogP contribution >= 0.6 is 0 Å². The maximum Gasteiger partial charge on any atom is 0.291 e. The molecule has 11 heavy (non-hydrogen) atoms. The third-order valence-electron chi connectivity index (χ3n) is 1.21. The van der Waals surface area contributed by atoms with Crippen molar-refractivity contribution in [3.63, 3.8) is 0 Å². The van der Waals surface area contributed by atoms with Gasteiger partial charge < -0.3 is 5.73 Å². The molecular weight excluding hydrogens is 170 g/mol. The first kappa shape index (κ1) is 10.3. The summed E-state index contributed by atoms with van der Waals surface area (Å²) in [4.78, 5) is 8.42. The third-order valence-corrected chi connectivity index (χ3v) is 2.48. The summed E-state index contributed by atoms with van der Waals surface area (Å²) >= 11 is 0. The Labute approximate surface area is 64.6 Å². The molecule has 0 amide bonds. The normalized spacial score (nSPS) is 17.0. The molecule has 0 aliphatic rings. The smallest absolute Gasteiger partial charge is 0.291 e. The second-order valence-electron chi connectivity index (χ2n) is 2.15. The highest BCUT2D eigenvalue weighted by Crippen LogP contribution is 2.09. The molecule has 3 N–H and O–H groups in total. The van der Waals surface area contributed by atoms with Gasteiger partial charge in [-0.15, -0.1) is 0 Å². The Morgan fingerprint density at radius 1 is 1.73 bits per heavy atom. The molecule has 6 heteroatoms. The molecule has 0 radical (unpaired) electrons. The highest BCUT2D eigenvalue weighted by Gasteiger charge is 2.39. The topological polar surface area (TPSA) is 97.5 Å². The van der Waals surface area contributed by atoms with Crippen LogP contribution in [-0.2, 0) is 14.9 Å². The summed E-state index contributed by atoms with van der Waals surface area (Å²) in [5.74, 6) is -0.944.